The highest BCUT2D eigenvalue weighted by molar-refractivity contribution is 5.85. The summed E-state index contributed by atoms with van der Waals surface area (Å²) in [4.78, 5) is 22.3. The Morgan fingerprint density at radius 2 is 1.96 bits per heavy atom. The Balaban J connectivity index is 1.89. The number of carboxylic acid groups (broad SMARTS) is 1. The zero-order valence-corrected chi connectivity index (χ0v) is 12.6. The highest BCUT2D eigenvalue weighted by Crippen LogP contribution is 2.28. The van der Waals surface area contributed by atoms with Crippen LogP contribution in [0.4, 0.5) is 0 Å². The molecule has 3 rings (SSSR count). The molecule has 2 heterocycles. The molecule has 6 heteroatoms. The number of benzene rings is 1. The van der Waals surface area contributed by atoms with Crippen LogP contribution < -0.4 is 10.4 Å². The number of aryl methyl sites for hydroxylation is 2. The molecule has 23 heavy (non-hydrogen) atoms. The average Bonchev–Trinajstić information content (AvgIpc) is 2.96. The van der Waals surface area contributed by atoms with Crippen LogP contribution in [-0.2, 0) is 6.61 Å². The van der Waals surface area contributed by atoms with Crippen LogP contribution in [0.1, 0.15) is 27.4 Å². The van der Waals surface area contributed by atoms with Gasteiger partial charge in [-0.15, -0.1) is 0 Å². The number of hydrogen-bond acceptors (Lipinski definition) is 5. The third-order valence-corrected chi connectivity index (χ3v) is 3.56. The highest BCUT2D eigenvalue weighted by atomic mass is 16.5. The Morgan fingerprint density at radius 1 is 1.17 bits per heavy atom. The van der Waals surface area contributed by atoms with Gasteiger partial charge in [-0.25, -0.2) is 9.59 Å². The van der Waals surface area contributed by atoms with E-state index in [1.54, 1.807) is 19.1 Å². The molecule has 0 unspecified atom stereocenters. The number of rotatable bonds is 4. The third kappa shape index (κ3) is 2.83. The van der Waals surface area contributed by atoms with E-state index in [1.165, 1.54) is 12.1 Å². The second-order valence-electron chi connectivity index (χ2n) is 5.17. The number of fused-ring (bicyclic) bond motifs is 1. The number of hydrogen-bond donors (Lipinski definition) is 1. The molecule has 1 N–H and O–H groups in total. The summed E-state index contributed by atoms with van der Waals surface area (Å²) in [6.07, 6.45) is 0. The lowest BCUT2D eigenvalue weighted by Gasteiger charge is -2.10. The van der Waals surface area contributed by atoms with Crippen LogP contribution >= 0.6 is 0 Å². The number of carboxylic acids is 1. The monoisotopic (exact) mass is 314 g/mol. The maximum Gasteiger partial charge on any atom is 0.371 e. The van der Waals surface area contributed by atoms with E-state index in [1.807, 2.05) is 13.0 Å². The largest absolute Gasteiger partial charge is 0.485 e. The van der Waals surface area contributed by atoms with E-state index in [2.05, 4.69) is 0 Å². The van der Waals surface area contributed by atoms with Gasteiger partial charge in [-0.05, 0) is 43.7 Å². The summed E-state index contributed by atoms with van der Waals surface area (Å²) >= 11 is 0. The Morgan fingerprint density at radius 3 is 2.65 bits per heavy atom. The molecule has 0 fully saturated rings. The van der Waals surface area contributed by atoms with Crippen LogP contribution in [0.2, 0.25) is 0 Å². The van der Waals surface area contributed by atoms with E-state index in [-0.39, 0.29) is 12.4 Å². The van der Waals surface area contributed by atoms with Crippen molar-refractivity contribution in [1.29, 1.82) is 0 Å². The predicted octanol–water partition coefficient (Wildman–Crippen LogP) is 3.28. The summed E-state index contributed by atoms with van der Waals surface area (Å²) in [7, 11) is 0. The van der Waals surface area contributed by atoms with Gasteiger partial charge in [-0.1, -0.05) is 0 Å². The van der Waals surface area contributed by atoms with E-state index in [9.17, 15) is 9.59 Å². The normalized spacial score (nSPS) is 10.9. The standard InChI is InChI=1S/C17H14O6/c1-9-7-15(18)23-16-10(2)13(6-4-12(9)16)21-8-11-3-5-14(22-11)17(19)20/h3-7H,8H2,1-2H3,(H,19,20). The molecule has 0 saturated heterocycles. The van der Waals surface area contributed by atoms with Gasteiger partial charge >= 0.3 is 11.6 Å². The number of furan rings is 1. The number of aromatic carboxylic acids is 1. The van der Waals surface area contributed by atoms with E-state index >= 15 is 0 Å². The molecular formula is C17H14O6. The predicted molar refractivity (Wildman–Crippen MR) is 82.0 cm³/mol. The second kappa shape index (κ2) is 5.64. The van der Waals surface area contributed by atoms with Gasteiger partial charge in [0, 0.05) is 17.0 Å². The molecule has 0 aliphatic rings. The van der Waals surface area contributed by atoms with E-state index < -0.39 is 11.6 Å². The molecule has 3 aromatic rings. The van der Waals surface area contributed by atoms with Crippen molar-refractivity contribution in [2.75, 3.05) is 0 Å². The third-order valence-electron chi connectivity index (χ3n) is 3.56. The molecule has 0 aliphatic carbocycles. The minimum absolute atomic E-state index is 0.0790. The first-order chi connectivity index (χ1) is 11.0. The van der Waals surface area contributed by atoms with Gasteiger partial charge in [0.1, 0.15) is 23.7 Å². The summed E-state index contributed by atoms with van der Waals surface area (Å²) in [5.41, 5.74) is 1.61. The fraction of sp³-hybridized carbons (Fsp3) is 0.176. The zero-order chi connectivity index (χ0) is 16.6. The van der Waals surface area contributed by atoms with Crippen LogP contribution in [-0.4, -0.2) is 11.1 Å². The summed E-state index contributed by atoms with van der Waals surface area (Å²) in [6.45, 7) is 3.72. The topological polar surface area (TPSA) is 89.9 Å². The van der Waals surface area contributed by atoms with Crippen molar-refractivity contribution in [3.8, 4) is 5.75 Å². The summed E-state index contributed by atoms with van der Waals surface area (Å²) < 4.78 is 16.1. The molecule has 0 radical (unpaired) electrons. The second-order valence-corrected chi connectivity index (χ2v) is 5.17. The summed E-state index contributed by atoms with van der Waals surface area (Å²) in [6, 6.07) is 7.96. The molecule has 118 valence electrons. The van der Waals surface area contributed by atoms with E-state index in [0.29, 0.717) is 22.7 Å². The van der Waals surface area contributed by atoms with Gasteiger partial charge < -0.3 is 18.7 Å². The highest BCUT2D eigenvalue weighted by Gasteiger charge is 2.12. The van der Waals surface area contributed by atoms with Crippen molar-refractivity contribution in [3.05, 3.63) is 63.4 Å². The number of ether oxygens (including phenoxy) is 1. The Kier molecular flexibility index (Phi) is 3.65. The van der Waals surface area contributed by atoms with Gasteiger partial charge in [0.15, 0.2) is 0 Å². The van der Waals surface area contributed by atoms with Gasteiger partial charge in [0.2, 0.25) is 5.76 Å². The van der Waals surface area contributed by atoms with E-state index in [0.717, 1.165) is 10.9 Å². The minimum atomic E-state index is -1.13. The van der Waals surface area contributed by atoms with Crippen molar-refractivity contribution >= 4 is 16.9 Å². The van der Waals surface area contributed by atoms with Gasteiger partial charge in [-0.2, -0.15) is 0 Å². The summed E-state index contributed by atoms with van der Waals surface area (Å²) in [5.74, 6) is -0.331. The smallest absolute Gasteiger partial charge is 0.371 e. The molecular weight excluding hydrogens is 300 g/mol. The van der Waals surface area contributed by atoms with Crippen LogP contribution in [0.15, 0.2) is 44.0 Å². The van der Waals surface area contributed by atoms with Crippen molar-refractivity contribution in [3.63, 3.8) is 0 Å². The first-order valence-electron chi connectivity index (χ1n) is 6.94. The van der Waals surface area contributed by atoms with Crippen molar-refractivity contribution in [2.24, 2.45) is 0 Å². The molecule has 0 amide bonds. The lowest BCUT2D eigenvalue weighted by molar-refractivity contribution is 0.0658. The fourth-order valence-corrected chi connectivity index (χ4v) is 2.38. The quantitative estimate of drug-likeness (QED) is 0.743. The molecule has 0 atom stereocenters. The van der Waals surface area contributed by atoms with Crippen LogP contribution in [0.3, 0.4) is 0 Å². The summed E-state index contributed by atoms with van der Waals surface area (Å²) in [5, 5.41) is 9.67. The van der Waals surface area contributed by atoms with Crippen molar-refractivity contribution in [2.45, 2.75) is 20.5 Å². The SMILES string of the molecule is Cc1cc(=O)oc2c(C)c(OCc3ccc(C(=O)O)o3)ccc12. The van der Waals surface area contributed by atoms with Gasteiger partial charge in [0.05, 0.1) is 0 Å². The first-order valence-corrected chi connectivity index (χ1v) is 6.94. The van der Waals surface area contributed by atoms with E-state index in [4.69, 9.17) is 18.7 Å². The first kappa shape index (κ1) is 14.9. The Labute approximate surface area is 130 Å². The lowest BCUT2D eigenvalue weighted by Crippen LogP contribution is -2.01. The maximum atomic E-state index is 11.5. The zero-order valence-electron chi connectivity index (χ0n) is 12.6. The number of carbonyl (C=O) groups is 1. The molecule has 1 aromatic carbocycles. The molecule has 0 saturated carbocycles. The Bertz CT molecular complexity index is 947. The van der Waals surface area contributed by atoms with Crippen LogP contribution in [0.25, 0.3) is 11.0 Å². The van der Waals surface area contributed by atoms with Crippen LogP contribution in [0.5, 0.6) is 5.75 Å². The lowest BCUT2D eigenvalue weighted by atomic mass is 10.1. The molecule has 0 spiro atoms. The fourth-order valence-electron chi connectivity index (χ4n) is 2.38. The molecule has 2 aromatic heterocycles. The van der Waals surface area contributed by atoms with Gasteiger partial charge in [-0.3, -0.25) is 0 Å². The average molecular weight is 314 g/mol. The minimum Gasteiger partial charge on any atom is -0.485 e. The molecule has 0 aliphatic heterocycles. The maximum absolute atomic E-state index is 11.5. The Hall–Kier alpha value is -3.02. The van der Waals surface area contributed by atoms with Crippen molar-refractivity contribution < 1.29 is 23.5 Å². The van der Waals surface area contributed by atoms with Crippen LogP contribution in [0, 0.1) is 13.8 Å². The molecule has 6 nitrogen and oxygen atoms in total. The molecule has 0 bridgehead atoms. The van der Waals surface area contributed by atoms with Gasteiger partial charge in [0.25, 0.3) is 0 Å². The van der Waals surface area contributed by atoms with Crippen molar-refractivity contribution in [1.82, 2.24) is 0 Å².